The highest BCUT2D eigenvalue weighted by atomic mass is 16.3. The molecule has 0 amide bonds. The molecule has 2 aromatic carbocycles. The van der Waals surface area contributed by atoms with Crippen molar-refractivity contribution in [3.63, 3.8) is 0 Å². The summed E-state index contributed by atoms with van der Waals surface area (Å²) in [5.41, 5.74) is 2.58. The van der Waals surface area contributed by atoms with E-state index < -0.39 is 0 Å². The monoisotopic (exact) mass is 200 g/mol. The van der Waals surface area contributed by atoms with Gasteiger partial charge in [-0.1, -0.05) is 30.3 Å². The normalized spacial score (nSPS) is 10.2. The number of hydrogen-bond acceptors (Lipinski definition) is 2. The van der Waals surface area contributed by atoms with Gasteiger partial charge in [-0.3, -0.25) is 0 Å². The summed E-state index contributed by atoms with van der Waals surface area (Å²) in [6, 6.07) is 12.6. The summed E-state index contributed by atoms with van der Waals surface area (Å²) >= 11 is 0. The molecule has 0 bridgehead atoms. The topological polar surface area (TPSA) is 40.5 Å². The molecule has 2 N–H and O–H groups in total. The summed E-state index contributed by atoms with van der Waals surface area (Å²) in [7, 11) is 0. The van der Waals surface area contributed by atoms with Crippen molar-refractivity contribution in [2.75, 3.05) is 0 Å². The first-order chi connectivity index (χ1) is 7.18. The van der Waals surface area contributed by atoms with Crippen LogP contribution in [0.4, 0.5) is 0 Å². The summed E-state index contributed by atoms with van der Waals surface area (Å²) < 4.78 is 0. The Kier molecular flexibility index (Phi) is 2.34. The van der Waals surface area contributed by atoms with Gasteiger partial charge in [-0.05, 0) is 24.1 Å². The Bertz CT molecular complexity index is 452. The van der Waals surface area contributed by atoms with E-state index in [9.17, 15) is 10.2 Å². The van der Waals surface area contributed by atoms with Crippen LogP contribution in [0.1, 0.15) is 5.56 Å². The molecule has 0 aliphatic carbocycles. The lowest BCUT2D eigenvalue weighted by atomic mass is 9.99. The molecular weight excluding hydrogens is 188 g/mol. The zero-order chi connectivity index (χ0) is 10.8. The molecular formula is C13H12O2. The van der Waals surface area contributed by atoms with Gasteiger partial charge >= 0.3 is 0 Å². The molecule has 0 spiro atoms. The van der Waals surface area contributed by atoms with E-state index in [1.807, 2.05) is 37.3 Å². The third-order valence-corrected chi connectivity index (χ3v) is 2.36. The number of rotatable bonds is 1. The molecule has 0 radical (unpaired) electrons. The predicted octanol–water partition coefficient (Wildman–Crippen LogP) is 3.07. The second-order valence-corrected chi connectivity index (χ2v) is 3.52. The Labute approximate surface area is 88.4 Å². The number of hydrogen-bond donors (Lipinski definition) is 2. The van der Waals surface area contributed by atoms with Crippen LogP contribution in [0.2, 0.25) is 0 Å². The average Bonchev–Trinajstić information content (AvgIpc) is 2.17. The highest BCUT2D eigenvalue weighted by Crippen LogP contribution is 2.35. The van der Waals surface area contributed by atoms with E-state index in [0.29, 0.717) is 0 Å². The lowest BCUT2D eigenvalue weighted by molar-refractivity contribution is 0.451. The van der Waals surface area contributed by atoms with E-state index in [-0.39, 0.29) is 11.5 Å². The Morgan fingerprint density at radius 1 is 0.933 bits per heavy atom. The molecule has 2 aromatic rings. The lowest BCUT2D eigenvalue weighted by Gasteiger charge is -2.09. The Morgan fingerprint density at radius 2 is 1.60 bits per heavy atom. The number of aryl methyl sites for hydroxylation is 1. The summed E-state index contributed by atoms with van der Waals surface area (Å²) in [6.45, 7) is 1.86. The molecule has 2 rings (SSSR count). The summed E-state index contributed by atoms with van der Waals surface area (Å²) in [4.78, 5) is 0. The van der Waals surface area contributed by atoms with Gasteiger partial charge in [0, 0.05) is 11.6 Å². The van der Waals surface area contributed by atoms with Crippen LogP contribution in [-0.4, -0.2) is 10.2 Å². The summed E-state index contributed by atoms with van der Waals surface area (Å²) in [6.07, 6.45) is 0. The van der Waals surface area contributed by atoms with E-state index in [4.69, 9.17) is 0 Å². The molecule has 0 saturated carbocycles. The maximum absolute atomic E-state index is 9.77. The van der Waals surface area contributed by atoms with E-state index >= 15 is 0 Å². The van der Waals surface area contributed by atoms with Crippen LogP contribution in [0.5, 0.6) is 11.5 Å². The van der Waals surface area contributed by atoms with Crippen LogP contribution in [-0.2, 0) is 0 Å². The van der Waals surface area contributed by atoms with Crippen molar-refractivity contribution in [2.45, 2.75) is 6.92 Å². The summed E-state index contributed by atoms with van der Waals surface area (Å²) in [5.74, 6) is 0.198. The van der Waals surface area contributed by atoms with Crippen LogP contribution in [0.3, 0.4) is 0 Å². The van der Waals surface area contributed by atoms with Crippen molar-refractivity contribution < 1.29 is 10.2 Å². The van der Waals surface area contributed by atoms with Crippen LogP contribution in [0, 0.1) is 6.92 Å². The van der Waals surface area contributed by atoms with Gasteiger partial charge in [0.25, 0.3) is 0 Å². The molecule has 2 heteroatoms. The van der Waals surface area contributed by atoms with E-state index in [1.54, 1.807) is 6.07 Å². The van der Waals surface area contributed by atoms with Crippen molar-refractivity contribution >= 4 is 0 Å². The van der Waals surface area contributed by atoms with Gasteiger partial charge in [0.2, 0.25) is 0 Å². The minimum Gasteiger partial charge on any atom is -0.508 e. The molecule has 2 nitrogen and oxygen atoms in total. The van der Waals surface area contributed by atoms with Crippen LogP contribution in [0.25, 0.3) is 11.1 Å². The van der Waals surface area contributed by atoms with Gasteiger partial charge in [-0.15, -0.1) is 0 Å². The largest absolute Gasteiger partial charge is 0.508 e. The van der Waals surface area contributed by atoms with Crippen molar-refractivity contribution in [2.24, 2.45) is 0 Å². The Balaban J connectivity index is 2.64. The third-order valence-electron chi connectivity index (χ3n) is 2.36. The molecule has 0 aromatic heterocycles. The fourth-order valence-electron chi connectivity index (χ4n) is 1.73. The molecule has 76 valence electrons. The molecule has 0 saturated heterocycles. The van der Waals surface area contributed by atoms with Gasteiger partial charge in [0.15, 0.2) is 0 Å². The smallest absolute Gasteiger partial charge is 0.127 e. The number of aromatic hydroxyl groups is 2. The number of benzene rings is 2. The molecule has 0 heterocycles. The van der Waals surface area contributed by atoms with Crippen molar-refractivity contribution in [1.82, 2.24) is 0 Å². The highest BCUT2D eigenvalue weighted by molar-refractivity contribution is 5.74. The first kappa shape index (κ1) is 9.59. The predicted molar refractivity (Wildman–Crippen MR) is 59.9 cm³/mol. The van der Waals surface area contributed by atoms with Gasteiger partial charge in [0.1, 0.15) is 11.5 Å². The molecule has 0 fully saturated rings. The van der Waals surface area contributed by atoms with Gasteiger partial charge in [-0.25, -0.2) is 0 Å². The lowest BCUT2D eigenvalue weighted by Crippen LogP contribution is -1.84. The zero-order valence-corrected chi connectivity index (χ0v) is 8.44. The van der Waals surface area contributed by atoms with Crippen LogP contribution < -0.4 is 0 Å². The molecule has 15 heavy (non-hydrogen) atoms. The van der Waals surface area contributed by atoms with Crippen molar-refractivity contribution in [3.8, 4) is 22.6 Å². The number of phenols is 2. The minimum atomic E-state index is 0.0877. The van der Waals surface area contributed by atoms with Gasteiger partial charge in [-0.2, -0.15) is 0 Å². The van der Waals surface area contributed by atoms with E-state index in [1.165, 1.54) is 6.07 Å². The fourth-order valence-corrected chi connectivity index (χ4v) is 1.73. The molecule has 0 unspecified atom stereocenters. The molecule has 0 atom stereocenters. The van der Waals surface area contributed by atoms with Crippen molar-refractivity contribution in [3.05, 3.63) is 48.0 Å². The minimum absolute atomic E-state index is 0.0877. The average molecular weight is 200 g/mol. The Hall–Kier alpha value is -1.96. The molecule has 0 aliphatic rings. The first-order valence-corrected chi connectivity index (χ1v) is 4.76. The van der Waals surface area contributed by atoms with Crippen molar-refractivity contribution in [1.29, 1.82) is 0 Å². The molecule has 0 aliphatic heterocycles. The third kappa shape index (κ3) is 1.79. The standard InChI is InChI=1S/C13H12O2/c1-9-7-11(14)8-12(15)13(9)10-5-3-2-4-6-10/h2-8,14-15H,1H3. The quantitative estimate of drug-likeness (QED) is 0.742. The van der Waals surface area contributed by atoms with Crippen LogP contribution >= 0.6 is 0 Å². The Morgan fingerprint density at radius 3 is 2.20 bits per heavy atom. The van der Waals surface area contributed by atoms with Gasteiger partial charge < -0.3 is 10.2 Å². The second kappa shape index (κ2) is 3.65. The number of phenolic OH excluding ortho intramolecular Hbond substituents is 2. The van der Waals surface area contributed by atoms with Crippen LogP contribution in [0.15, 0.2) is 42.5 Å². The first-order valence-electron chi connectivity index (χ1n) is 4.76. The van der Waals surface area contributed by atoms with E-state index in [2.05, 4.69) is 0 Å². The maximum Gasteiger partial charge on any atom is 0.127 e. The van der Waals surface area contributed by atoms with Gasteiger partial charge in [0.05, 0.1) is 0 Å². The summed E-state index contributed by atoms with van der Waals surface area (Å²) in [5, 5.41) is 19.1. The van der Waals surface area contributed by atoms with E-state index in [0.717, 1.165) is 16.7 Å². The highest BCUT2D eigenvalue weighted by Gasteiger charge is 2.08. The maximum atomic E-state index is 9.77. The zero-order valence-electron chi connectivity index (χ0n) is 8.44. The SMILES string of the molecule is Cc1cc(O)cc(O)c1-c1ccccc1. The fraction of sp³-hybridized carbons (Fsp3) is 0.0769. The second-order valence-electron chi connectivity index (χ2n) is 3.52.